The Kier molecular flexibility index (Phi) is 6.49. The van der Waals surface area contributed by atoms with Crippen LogP contribution in [0.25, 0.3) is 0 Å². The topological polar surface area (TPSA) is 50.8 Å². The van der Waals surface area contributed by atoms with Crippen LogP contribution in [0.3, 0.4) is 0 Å². The van der Waals surface area contributed by atoms with Crippen molar-refractivity contribution in [3.05, 3.63) is 69.9 Å². The number of Topliss-reactive ketones (excluding diaryl/α,β-unsaturated/α-hetero) is 1. The molecular formula is C24H25ClN2O3S. The van der Waals surface area contributed by atoms with Crippen molar-refractivity contribution in [2.45, 2.75) is 38.8 Å². The minimum absolute atomic E-state index is 0.171. The van der Waals surface area contributed by atoms with E-state index in [1.165, 1.54) is 0 Å². The molecule has 0 radical (unpaired) electrons. The van der Waals surface area contributed by atoms with Gasteiger partial charge in [-0.15, -0.1) is 0 Å². The molecule has 2 aromatic carbocycles. The summed E-state index contributed by atoms with van der Waals surface area (Å²) in [6, 6.07) is 13.1. The number of benzene rings is 2. The zero-order valence-electron chi connectivity index (χ0n) is 17.6. The Bertz CT molecular complexity index is 1050. The smallest absolute Gasteiger partial charge is 0.173 e. The quantitative estimate of drug-likeness (QED) is 0.604. The van der Waals surface area contributed by atoms with E-state index in [1.807, 2.05) is 61.3 Å². The molecule has 1 N–H and O–H groups in total. The second kappa shape index (κ2) is 9.28. The van der Waals surface area contributed by atoms with Crippen LogP contribution in [0, 0.1) is 0 Å². The normalized spacial score (nSPS) is 18.5. The van der Waals surface area contributed by atoms with Crippen LogP contribution in [0.5, 0.6) is 11.5 Å². The van der Waals surface area contributed by atoms with E-state index in [2.05, 4.69) is 5.32 Å². The second-order valence-electron chi connectivity index (χ2n) is 7.60. The van der Waals surface area contributed by atoms with Gasteiger partial charge in [-0.2, -0.15) is 0 Å². The van der Waals surface area contributed by atoms with Crippen molar-refractivity contribution in [1.82, 2.24) is 10.2 Å². The summed E-state index contributed by atoms with van der Waals surface area (Å²) in [5.74, 6) is 1.43. The lowest BCUT2D eigenvalue weighted by atomic mass is 9.85. The number of hydrogen-bond donors (Lipinski definition) is 1. The van der Waals surface area contributed by atoms with Crippen LogP contribution in [0.1, 0.15) is 43.4 Å². The number of ether oxygens (including phenoxy) is 2. The first-order chi connectivity index (χ1) is 15.0. The average molecular weight is 457 g/mol. The molecule has 0 bridgehead atoms. The Labute approximate surface area is 193 Å². The summed E-state index contributed by atoms with van der Waals surface area (Å²) < 4.78 is 11.9. The monoisotopic (exact) mass is 456 g/mol. The summed E-state index contributed by atoms with van der Waals surface area (Å²) in [6.45, 7) is 2.76. The lowest BCUT2D eigenvalue weighted by molar-refractivity contribution is -0.116. The molecule has 0 spiro atoms. The van der Waals surface area contributed by atoms with Crippen molar-refractivity contribution in [1.29, 1.82) is 0 Å². The fourth-order valence-electron chi connectivity index (χ4n) is 4.05. The van der Waals surface area contributed by atoms with Crippen molar-refractivity contribution in [2.75, 3.05) is 13.7 Å². The number of halogens is 1. The zero-order valence-corrected chi connectivity index (χ0v) is 19.2. The number of nitrogens with zero attached hydrogens (tertiary/aromatic N) is 1. The molecule has 0 amide bonds. The number of rotatable bonds is 6. The zero-order chi connectivity index (χ0) is 22.0. The summed E-state index contributed by atoms with van der Waals surface area (Å²) in [5.41, 5.74) is 3.64. The molecule has 2 aliphatic rings. The highest BCUT2D eigenvalue weighted by Crippen LogP contribution is 2.39. The van der Waals surface area contributed by atoms with Gasteiger partial charge in [0.1, 0.15) is 6.61 Å². The lowest BCUT2D eigenvalue weighted by Crippen LogP contribution is -2.47. The van der Waals surface area contributed by atoms with Gasteiger partial charge >= 0.3 is 0 Å². The number of carbonyl (C=O) groups excluding carboxylic acids is 1. The summed E-state index contributed by atoms with van der Waals surface area (Å²) in [4.78, 5) is 14.7. The minimum atomic E-state index is -0.289. The van der Waals surface area contributed by atoms with E-state index < -0.39 is 0 Å². The first kappa shape index (κ1) is 21.7. The average Bonchev–Trinajstić information content (AvgIpc) is 2.77. The maximum atomic E-state index is 12.8. The van der Waals surface area contributed by atoms with Crippen LogP contribution in [-0.4, -0.2) is 29.5 Å². The summed E-state index contributed by atoms with van der Waals surface area (Å²) >= 11 is 11.8. The fraction of sp³-hybridized carbons (Fsp3) is 0.333. The summed E-state index contributed by atoms with van der Waals surface area (Å²) in [5, 5.41) is 4.62. The SMILES string of the molecule is CCOc1cc(C2NC(=S)N(C)C3=C2C(=O)CCC3)ccc1OCc1ccccc1Cl. The molecule has 0 saturated heterocycles. The maximum absolute atomic E-state index is 12.8. The van der Waals surface area contributed by atoms with E-state index in [0.717, 1.165) is 35.2 Å². The summed E-state index contributed by atoms with van der Waals surface area (Å²) in [7, 11) is 1.91. The number of hydrogen-bond acceptors (Lipinski definition) is 4. The number of ketones is 1. The molecule has 0 aromatic heterocycles. The third-order valence-electron chi connectivity index (χ3n) is 5.64. The molecule has 1 unspecified atom stereocenters. The molecule has 4 rings (SSSR count). The van der Waals surface area contributed by atoms with Gasteiger partial charge in [0.15, 0.2) is 22.4 Å². The van der Waals surface area contributed by atoms with E-state index >= 15 is 0 Å². The summed E-state index contributed by atoms with van der Waals surface area (Å²) in [6.07, 6.45) is 2.28. The highest BCUT2D eigenvalue weighted by molar-refractivity contribution is 7.80. The Morgan fingerprint density at radius 3 is 2.74 bits per heavy atom. The van der Waals surface area contributed by atoms with Gasteiger partial charge in [0, 0.05) is 35.3 Å². The van der Waals surface area contributed by atoms with Gasteiger partial charge in [0.25, 0.3) is 0 Å². The van der Waals surface area contributed by atoms with Crippen LogP contribution < -0.4 is 14.8 Å². The molecule has 31 heavy (non-hydrogen) atoms. The molecule has 1 aliphatic heterocycles. The van der Waals surface area contributed by atoms with Crippen molar-refractivity contribution < 1.29 is 14.3 Å². The Hall–Kier alpha value is -2.57. The van der Waals surface area contributed by atoms with Gasteiger partial charge in [0.2, 0.25) is 0 Å². The first-order valence-electron chi connectivity index (χ1n) is 10.4. The fourth-order valence-corrected chi connectivity index (χ4v) is 4.47. The Morgan fingerprint density at radius 1 is 1.16 bits per heavy atom. The Morgan fingerprint density at radius 2 is 1.97 bits per heavy atom. The molecule has 2 aromatic rings. The van der Waals surface area contributed by atoms with Gasteiger partial charge in [-0.1, -0.05) is 35.9 Å². The van der Waals surface area contributed by atoms with Gasteiger partial charge in [-0.25, -0.2) is 0 Å². The van der Waals surface area contributed by atoms with Crippen molar-refractivity contribution in [3.63, 3.8) is 0 Å². The Balaban J connectivity index is 1.65. The van der Waals surface area contributed by atoms with Crippen LogP contribution in [0.4, 0.5) is 0 Å². The molecule has 7 heteroatoms. The minimum Gasteiger partial charge on any atom is -0.490 e. The number of carbonyl (C=O) groups is 1. The van der Waals surface area contributed by atoms with Gasteiger partial charge in [0.05, 0.1) is 12.6 Å². The van der Waals surface area contributed by atoms with Crippen LogP contribution >= 0.6 is 23.8 Å². The predicted octanol–water partition coefficient (Wildman–Crippen LogP) is 5.19. The lowest BCUT2D eigenvalue weighted by Gasteiger charge is -2.39. The highest BCUT2D eigenvalue weighted by Gasteiger charge is 2.36. The first-order valence-corrected chi connectivity index (χ1v) is 11.2. The number of thiocarbonyl (C=S) groups is 1. The van der Waals surface area contributed by atoms with Gasteiger partial charge in [-0.05, 0) is 55.7 Å². The van der Waals surface area contributed by atoms with Gasteiger partial charge < -0.3 is 19.7 Å². The predicted molar refractivity (Wildman–Crippen MR) is 126 cm³/mol. The van der Waals surface area contributed by atoms with Crippen molar-refractivity contribution in [2.24, 2.45) is 0 Å². The molecule has 162 valence electrons. The molecule has 1 atom stereocenters. The molecule has 1 heterocycles. The number of nitrogens with one attached hydrogen (secondary N) is 1. The third-order valence-corrected chi connectivity index (χ3v) is 6.40. The van der Waals surface area contributed by atoms with Gasteiger partial charge in [-0.3, -0.25) is 4.79 Å². The van der Waals surface area contributed by atoms with E-state index in [9.17, 15) is 4.79 Å². The highest BCUT2D eigenvalue weighted by atomic mass is 35.5. The second-order valence-corrected chi connectivity index (χ2v) is 8.39. The van der Waals surface area contributed by atoms with Crippen LogP contribution in [0.2, 0.25) is 5.02 Å². The largest absolute Gasteiger partial charge is 0.490 e. The van der Waals surface area contributed by atoms with E-state index in [-0.39, 0.29) is 11.8 Å². The van der Waals surface area contributed by atoms with Crippen LogP contribution in [-0.2, 0) is 11.4 Å². The van der Waals surface area contributed by atoms with Crippen LogP contribution in [0.15, 0.2) is 53.7 Å². The molecule has 1 aliphatic carbocycles. The van der Waals surface area contributed by atoms with Crippen molar-refractivity contribution in [3.8, 4) is 11.5 Å². The third kappa shape index (κ3) is 4.41. The van der Waals surface area contributed by atoms with E-state index in [4.69, 9.17) is 33.3 Å². The number of allylic oxidation sites excluding steroid dienone is 1. The standard InChI is InChI=1S/C24H25ClN2O3S/c1-3-29-21-13-15(11-12-20(21)30-14-16-7-4-5-8-17(16)25)23-22-18(9-6-10-19(22)28)27(2)24(31)26-23/h4-5,7-8,11-13,23H,3,6,9-10,14H2,1-2H3,(H,26,31). The maximum Gasteiger partial charge on any atom is 0.173 e. The molecule has 5 nitrogen and oxygen atoms in total. The van der Waals surface area contributed by atoms with Crippen molar-refractivity contribution >= 4 is 34.7 Å². The molecule has 0 fully saturated rings. The molecule has 0 saturated carbocycles. The van der Waals surface area contributed by atoms with E-state index in [1.54, 1.807) is 0 Å². The molecular weight excluding hydrogens is 432 g/mol. The van der Waals surface area contributed by atoms with E-state index in [0.29, 0.717) is 41.3 Å².